The molecular formula is C11H24N2O2. The van der Waals surface area contributed by atoms with Crippen molar-refractivity contribution in [3.05, 3.63) is 0 Å². The van der Waals surface area contributed by atoms with Crippen molar-refractivity contribution in [3.8, 4) is 0 Å². The van der Waals surface area contributed by atoms with Crippen LogP contribution in [0.15, 0.2) is 0 Å². The van der Waals surface area contributed by atoms with E-state index in [0.717, 1.165) is 38.8 Å². The third kappa shape index (κ3) is 11.2. The fraction of sp³-hybridized carbons (Fsp3) is 0.909. The monoisotopic (exact) mass is 216 g/mol. The van der Waals surface area contributed by atoms with Crippen LogP contribution in [0.3, 0.4) is 0 Å². The van der Waals surface area contributed by atoms with Gasteiger partial charge in [0.2, 0.25) is 0 Å². The molecule has 0 aromatic heterocycles. The summed E-state index contributed by atoms with van der Waals surface area (Å²) in [4.78, 5) is 11.1. The molecule has 0 spiro atoms. The highest BCUT2D eigenvalue weighted by Crippen LogP contribution is 1.86. The molecule has 0 unspecified atom stereocenters. The van der Waals surface area contributed by atoms with E-state index in [1.165, 1.54) is 0 Å². The zero-order chi connectivity index (χ0) is 11.4. The van der Waals surface area contributed by atoms with Crippen LogP contribution in [0.5, 0.6) is 0 Å². The van der Waals surface area contributed by atoms with Crippen LogP contribution in [0.4, 0.5) is 4.79 Å². The average molecular weight is 216 g/mol. The van der Waals surface area contributed by atoms with Crippen molar-refractivity contribution in [2.24, 2.45) is 0 Å². The molecule has 0 aromatic rings. The first-order valence-corrected chi connectivity index (χ1v) is 5.90. The first-order chi connectivity index (χ1) is 7.31. The van der Waals surface area contributed by atoms with Gasteiger partial charge in [0.15, 0.2) is 0 Å². The summed E-state index contributed by atoms with van der Waals surface area (Å²) < 4.78 is 5.31. The van der Waals surface area contributed by atoms with Gasteiger partial charge < -0.3 is 15.4 Å². The summed E-state index contributed by atoms with van der Waals surface area (Å²) in [6.45, 7) is 6.95. The summed E-state index contributed by atoms with van der Waals surface area (Å²) >= 11 is 0. The highest BCUT2D eigenvalue weighted by Gasteiger charge is 1.97. The van der Waals surface area contributed by atoms with Gasteiger partial charge in [0.05, 0.1) is 6.61 Å². The second-order valence-corrected chi connectivity index (χ2v) is 3.50. The SMILES string of the molecule is CCCCNC(=O)NCCOCCCC. The molecule has 0 aliphatic carbocycles. The Hall–Kier alpha value is -0.770. The highest BCUT2D eigenvalue weighted by atomic mass is 16.5. The first kappa shape index (κ1) is 14.2. The van der Waals surface area contributed by atoms with Gasteiger partial charge in [0.1, 0.15) is 0 Å². The van der Waals surface area contributed by atoms with Gasteiger partial charge in [-0.25, -0.2) is 4.79 Å². The highest BCUT2D eigenvalue weighted by molar-refractivity contribution is 5.73. The lowest BCUT2D eigenvalue weighted by atomic mass is 10.3. The summed E-state index contributed by atoms with van der Waals surface area (Å²) in [5.41, 5.74) is 0. The minimum Gasteiger partial charge on any atom is -0.380 e. The van der Waals surface area contributed by atoms with Gasteiger partial charge in [-0.1, -0.05) is 26.7 Å². The first-order valence-electron chi connectivity index (χ1n) is 5.90. The molecule has 2 N–H and O–H groups in total. The lowest BCUT2D eigenvalue weighted by Gasteiger charge is -2.07. The number of carbonyl (C=O) groups excluding carboxylic acids is 1. The number of carbonyl (C=O) groups is 1. The van der Waals surface area contributed by atoms with Gasteiger partial charge in [-0.05, 0) is 12.8 Å². The Morgan fingerprint density at radius 2 is 1.67 bits per heavy atom. The van der Waals surface area contributed by atoms with Crippen molar-refractivity contribution in [1.82, 2.24) is 10.6 Å². The van der Waals surface area contributed by atoms with Crippen LogP contribution in [0, 0.1) is 0 Å². The summed E-state index contributed by atoms with van der Waals surface area (Å²) in [5, 5.41) is 5.52. The topological polar surface area (TPSA) is 50.4 Å². The van der Waals surface area contributed by atoms with E-state index >= 15 is 0 Å². The Kier molecular flexibility index (Phi) is 10.7. The molecule has 0 saturated carbocycles. The third-order valence-corrected chi connectivity index (χ3v) is 1.99. The number of unbranched alkanes of at least 4 members (excludes halogenated alkanes) is 2. The number of hydrogen-bond donors (Lipinski definition) is 2. The van der Waals surface area contributed by atoms with Crippen molar-refractivity contribution < 1.29 is 9.53 Å². The summed E-state index contributed by atoms with van der Waals surface area (Å²) in [6, 6.07) is -0.0949. The maximum atomic E-state index is 11.1. The fourth-order valence-corrected chi connectivity index (χ4v) is 1.03. The fourth-order valence-electron chi connectivity index (χ4n) is 1.03. The lowest BCUT2D eigenvalue weighted by molar-refractivity contribution is 0.133. The predicted molar refractivity (Wildman–Crippen MR) is 62.0 cm³/mol. The maximum absolute atomic E-state index is 11.1. The Morgan fingerprint density at radius 3 is 2.33 bits per heavy atom. The number of hydrogen-bond acceptors (Lipinski definition) is 2. The summed E-state index contributed by atoms with van der Waals surface area (Å²) in [6.07, 6.45) is 4.36. The standard InChI is InChI=1S/C11H24N2O2/c1-3-5-7-12-11(14)13-8-10-15-9-6-4-2/h3-10H2,1-2H3,(H2,12,13,14). The zero-order valence-corrected chi connectivity index (χ0v) is 9.97. The van der Waals surface area contributed by atoms with Crippen molar-refractivity contribution in [2.45, 2.75) is 39.5 Å². The van der Waals surface area contributed by atoms with E-state index in [1.807, 2.05) is 0 Å². The van der Waals surface area contributed by atoms with Gasteiger partial charge in [-0.15, -0.1) is 0 Å². The minimum atomic E-state index is -0.0949. The maximum Gasteiger partial charge on any atom is 0.314 e. The minimum absolute atomic E-state index is 0.0949. The van der Waals surface area contributed by atoms with Crippen molar-refractivity contribution in [2.75, 3.05) is 26.3 Å². The number of ether oxygens (including phenoxy) is 1. The number of nitrogens with one attached hydrogen (secondary N) is 2. The van der Waals surface area contributed by atoms with Gasteiger partial charge in [0, 0.05) is 19.7 Å². The molecule has 0 fully saturated rings. The van der Waals surface area contributed by atoms with Crippen LogP contribution in [0.1, 0.15) is 39.5 Å². The number of amides is 2. The van der Waals surface area contributed by atoms with E-state index in [2.05, 4.69) is 24.5 Å². The van der Waals surface area contributed by atoms with Crippen LogP contribution in [-0.4, -0.2) is 32.3 Å². The Morgan fingerprint density at radius 1 is 1.00 bits per heavy atom. The predicted octanol–water partition coefficient (Wildman–Crippen LogP) is 1.90. The van der Waals surface area contributed by atoms with Gasteiger partial charge in [0.25, 0.3) is 0 Å². The van der Waals surface area contributed by atoms with E-state index in [9.17, 15) is 4.79 Å². The Bertz CT molecular complexity index is 152. The van der Waals surface area contributed by atoms with Gasteiger partial charge >= 0.3 is 6.03 Å². The van der Waals surface area contributed by atoms with Crippen LogP contribution in [0.25, 0.3) is 0 Å². The smallest absolute Gasteiger partial charge is 0.314 e. The zero-order valence-electron chi connectivity index (χ0n) is 9.97. The van der Waals surface area contributed by atoms with Crippen LogP contribution in [0.2, 0.25) is 0 Å². The molecule has 0 radical (unpaired) electrons. The third-order valence-electron chi connectivity index (χ3n) is 1.99. The second-order valence-electron chi connectivity index (χ2n) is 3.50. The second kappa shape index (κ2) is 11.3. The summed E-state index contributed by atoms with van der Waals surface area (Å²) in [7, 11) is 0. The largest absolute Gasteiger partial charge is 0.380 e. The normalized spacial score (nSPS) is 10.0. The lowest BCUT2D eigenvalue weighted by Crippen LogP contribution is -2.37. The molecule has 4 nitrogen and oxygen atoms in total. The van der Waals surface area contributed by atoms with Crippen LogP contribution < -0.4 is 10.6 Å². The Balaban J connectivity index is 3.10. The molecule has 90 valence electrons. The molecular weight excluding hydrogens is 192 g/mol. The molecule has 0 bridgehead atoms. The van der Waals surface area contributed by atoms with Crippen LogP contribution in [-0.2, 0) is 4.74 Å². The molecule has 0 heterocycles. The molecule has 4 heteroatoms. The van der Waals surface area contributed by atoms with Gasteiger partial charge in [-0.2, -0.15) is 0 Å². The van der Waals surface area contributed by atoms with Crippen LogP contribution >= 0.6 is 0 Å². The Labute approximate surface area is 92.8 Å². The molecule has 0 atom stereocenters. The van der Waals surface area contributed by atoms with E-state index in [0.29, 0.717) is 13.2 Å². The van der Waals surface area contributed by atoms with E-state index < -0.39 is 0 Å². The van der Waals surface area contributed by atoms with Crippen molar-refractivity contribution in [1.29, 1.82) is 0 Å². The molecule has 0 aliphatic rings. The molecule has 0 rings (SSSR count). The van der Waals surface area contributed by atoms with Gasteiger partial charge in [-0.3, -0.25) is 0 Å². The van der Waals surface area contributed by atoms with Crippen molar-refractivity contribution >= 4 is 6.03 Å². The average Bonchev–Trinajstić information content (AvgIpc) is 2.23. The molecule has 0 aromatic carbocycles. The van der Waals surface area contributed by atoms with E-state index in [1.54, 1.807) is 0 Å². The number of rotatable bonds is 9. The van der Waals surface area contributed by atoms with E-state index in [-0.39, 0.29) is 6.03 Å². The molecule has 2 amide bonds. The number of urea groups is 1. The quantitative estimate of drug-likeness (QED) is 0.578. The molecule has 15 heavy (non-hydrogen) atoms. The van der Waals surface area contributed by atoms with Crippen molar-refractivity contribution in [3.63, 3.8) is 0 Å². The molecule has 0 saturated heterocycles. The van der Waals surface area contributed by atoms with E-state index in [4.69, 9.17) is 4.74 Å². The molecule has 0 aliphatic heterocycles. The summed E-state index contributed by atoms with van der Waals surface area (Å²) in [5.74, 6) is 0.